The second-order valence-corrected chi connectivity index (χ2v) is 11.5. The molecule has 0 radical (unpaired) electrons. The third kappa shape index (κ3) is 10.8. The first-order chi connectivity index (χ1) is 18.6. The van der Waals surface area contributed by atoms with Gasteiger partial charge in [-0.1, -0.05) is 59.6 Å². The van der Waals surface area contributed by atoms with Crippen molar-refractivity contribution in [2.75, 3.05) is 7.11 Å². The van der Waals surface area contributed by atoms with Crippen molar-refractivity contribution in [1.29, 1.82) is 0 Å². The van der Waals surface area contributed by atoms with E-state index < -0.39 is 53.9 Å². The molecule has 0 spiro atoms. The van der Waals surface area contributed by atoms with Crippen molar-refractivity contribution < 1.29 is 48.4 Å². The van der Waals surface area contributed by atoms with Gasteiger partial charge in [0.25, 0.3) is 0 Å². The second kappa shape index (κ2) is 16.2. The molecule has 1 rings (SSSR count). The lowest BCUT2D eigenvalue weighted by Crippen LogP contribution is -2.40. The largest absolute Gasteiger partial charge is 0.481 e. The Morgan fingerprint density at radius 3 is 2.05 bits per heavy atom. The van der Waals surface area contributed by atoms with E-state index in [9.17, 15) is 29.1 Å². The van der Waals surface area contributed by atoms with Crippen molar-refractivity contribution in [3.05, 3.63) is 23.3 Å². The molecule has 10 heteroatoms. The Balaban J connectivity index is 2.91. The Hall–Kier alpha value is -3.17. The average Bonchev–Trinajstić information content (AvgIpc) is 3.18. The third-order valence-corrected chi connectivity index (χ3v) is 7.31. The van der Waals surface area contributed by atoms with Crippen LogP contribution in [0, 0.1) is 35.5 Å². The van der Waals surface area contributed by atoms with E-state index in [0.717, 1.165) is 24.3 Å². The number of hydrogen-bond acceptors (Lipinski definition) is 8. The number of ether oxygens (including phenoxy) is 3. The molecule has 1 fully saturated rings. The second-order valence-electron chi connectivity index (χ2n) is 11.5. The maximum atomic E-state index is 12.7. The molecular weight excluding hydrogens is 520 g/mol. The van der Waals surface area contributed by atoms with E-state index in [1.165, 1.54) is 26.9 Å². The average molecular weight is 567 g/mol. The molecule has 0 aromatic carbocycles. The first kappa shape index (κ1) is 34.9. The van der Waals surface area contributed by atoms with E-state index in [4.69, 9.17) is 14.6 Å². The highest BCUT2D eigenvalue weighted by atomic mass is 16.6. The Labute approximate surface area is 237 Å². The standard InChI is InChI=1S/C30H46O10/c1-9-16(2)10-17(3)11-18(4)12-19(5)13-20(6)14-22(29(36)38-8)15-21(7)28(35)40-25-23(26(31)32)24(27(33)34)39-30(25)37/h13-14,16-19,21,23-25H,9-12,15H2,1-8H3,(H,31,32)(H,33,34)/b20-13+,22-14-. The van der Waals surface area contributed by atoms with E-state index in [2.05, 4.69) is 45.4 Å². The fourth-order valence-electron chi connectivity index (χ4n) is 5.35. The van der Waals surface area contributed by atoms with Crippen molar-refractivity contribution in [2.24, 2.45) is 35.5 Å². The first-order valence-corrected chi connectivity index (χ1v) is 13.9. The van der Waals surface area contributed by atoms with Crippen LogP contribution in [0.5, 0.6) is 0 Å². The van der Waals surface area contributed by atoms with Crippen molar-refractivity contribution in [1.82, 2.24) is 0 Å². The molecule has 8 unspecified atom stereocenters. The SMILES string of the molecule is CCC(C)CC(C)CC(C)CC(C)/C=C(C)/C=C(/CC(C)C(=O)OC1C(=O)OC(C(=O)O)C1C(=O)O)C(=O)OC. The summed E-state index contributed by atoms with van der Waals surface area (Å²) in [7, 11) is 1.22. The van der Waals surface area contributed by atoms with E-state index in [1.54, 1.807) is 6.08 Å². The molecule has 1 heterocycles. The van der Waals surface area contributed by atoms with Gasteiger partial charge < -0.3 is 24.4 Å². The predicted molar refractivity (Wildman–Crippen MR) is 147 cm³/mol. The summed E-state index contributed by atoms with van der Waals surface area (Å²) in [5.74, 6) is -6.84. The molecule has 226 valence electrons. The summed E-state index contributed by atoms with van der Waals surface area (Å²) in [6.07, 6.45) is 4.28. The van der Waals surface area contributed by atoms with Gasteiger partial charge >= 0.3 is 29.8 Å². The Kier molecular flexibility index (Phi) is 14.1. The normalized spacial score (nSPS) is 23.4. The summed E-state index contributed by atoms with van der Waals surface area (Å²) in [4.78, 5) is 60.1. The van der Waals surface area contributed by atoms with Crippen molar-refractivity contribution in [2.45, 2.75) is 92.8 Å². The zero-order valence-corrected chi connectivity index (χ0v) is 25.0. The van der Waals surface area contributed by atoms with Gasteiger partial charge in [0, 0.05) is 5.57 Å². The number of hydrogen-bond donors (Lipinski definition) is 2. The molecular formula is C30H46O10. The van der Waals surface area contributed by atoms with Crippen LogP contribution in [0.1, 0.15) is 80.6 Å². The number of carboxylic acids is 2. The first-order valence-electron chi connectivity index (χ1n) is 13.9. The minimum Gasteiger partial charge on any atom is -0.481 e. The lowest BCUT2D eigenvalue weighted by molar-refractivity contribution is -0.166. The quantitative estimate of drug-likeness (QED) is 0.115. The molecule has 0 amide bonds. The van der Waals surface area contributed by atoms with Crippen LogP contribution in [0.4, 0.5) is 0 Å². The van der Waals surface area contributed by atoms with Gasteiger partial charge in [0.15, 0.2) is 5.92 Å². The summed E-state index contributed by atoms with van der Waals surface area (Å²) in [5.41, 5.74) is 1.03. The minimum absolute atomic E-state index is 0.101. The number of carbonyl (C=O) groups is 5. The lowest BCUT2D eigenvalue weighted by Gasteiger charge is -2.21. The monoisotopic (exact) mass is 566 g/mol. The van der Waals surface area contributed by atoms with Gasteiger partial charge in [-0.3, -0.25) is 9.59 Å². The predicted octanol–water partition coefficient (Wildman–Crippen LogP) is 4.81. The van der Waals surface area contributed by atoms with Crippen molar-refractivity contribution in [3.63, 3.8) is 0 Å². The zero-order valence-electron chi connectivity index (χ0n) is 25.0. The van der Waals surface area contributed by atoms with E-state index in [-0.39, 0.29) is 17.9 Å². The molecule has 0 aromatic rings. The van der Waals surface area contributed by atoms with Crippen LogP contribution in [0.3, 0.4) is 0 Å². The van der Waals surface area contributed by atoms with Crippen LogP contribution in [0.15, 0.2) is 23.3 Å². The molecule has 1 saturated heterocycles. The van der Waals surface area contributed by atoms with E-state index in [1.807, 2.05) is 6.92 Å². The van der Waals surface area contributed by atoms with Crippen LogP contribution in [0.25, 0.3) is 0 Å². The smallest absolute Gasteiger partial charge is 0.349 e. The molecule has 1 aliphatic heterocycles. The lowest BCUT2D eigenvalue weighted by atomic mass is 9.84. The number of aliphatic carboxylic acids is 2. The highest BCUT2D eigenvalue weighted by Gasteiger charge is 2.55. The summed E-state index contributed by atoms with van der Waals surface area (Å²) in [6.45, 7) is 14.5. The number of allylic oxidation sites excluding steroid dienone is 3. The van der Waals surface area contributed by atoms with Crippen LogP contribution in [-0.2, 0) is 38.2 Å². The fourth-order valence-corrected chi connectivity index (χ4v) is 5.35. The molecule has 0 aromatic heterocycles. The Morgan fingerprint density at radius 2 is 1.52 bits per heavy atom. The molecule has 8 atom stereocenters. The molecule has 2 N–H and O–H groups in total. The topological polar surface area (TPSA) is 154 Å². The summed E-state index contributed by atoms with van der Waals surface area (Å²) >= 11 is 0. The third-order valence-electron chi connectivity index (χ3n) is 7.31. The minimum atomic E-state index is -1.97. The molecule has 40 heavy (non-hydrogen) atoms. The van der Waals surface area contributed by atoms with Crippen molar-refractivity contribution in [3.8, 4) is 0 Å². The molecule has 10 nitrogen and oxygen atoms in total. The Bertz CT molecular complexity index is 981. The molecule has 0 saturated carbocycles. The molecule has 1 aliphatic rings. The number of carbonyl (C=O) groups excluding carboxylic acids is 3. The van der Waals surface area contributed by atoms with Gasteiger partial charge in [0.2, 0.25) is 12.2 Å². The van der Waals surface area contributed by atoms with Crippen molar-refractivity contribution >= 4 is 29.8 Å². The number of methoxy groups -OCH3 is 1. The van der Waals surface area contributed by atoms with Gasteiger partial charge in [0.1, 0.15) is 0 Å². The van der Waals surface area contributed by atoms with E-state index in [0.29, 0.717) is 11.8 Å². The number of cyclic esters (lactones) is 1. The number of rotatable bonds is 16. The summed E-state index contributed by atoms with van der Waals surface area (Å²) in [6, 6.07) is 0. The number of carboxylic acid groups (broad SMARTS) is 2. The van der Waals surface area contributed by atoms with E-state index >= 15 is 0 Å². The van der Waals surface area contributed by atoms with Crippen LogP contribution in [-0.4, -0.2) is 59.4 Å². The maximum Gasteiger partial charge on any atom is 0.349 e. The van der Waals surface area contributed by atoms with Crippen LogP contribution < -0.4 is 0 Å². The maximum absolute atomic E-state index is 12.7. The van der Waals surface area contributed by atoms with Crippen LogP contribution >= 0.6 is 0 Å². The Morgan fingerprint density at radius 1 is 0.950 bits per heavy atom. The molecule has 0 aliphatic carbocycles. The van der Waals surface area contributed by atoms with Gasteiger partial charge in [-0.05, 0) is 62.4 Å². The zero-order chi connectivity index (χ0) is 30.7. The van der Waals surface area contributed by atoms with Crippen LogP contribution in [0.2, 0.25) is 0 Å². The fraction of sp³-hybridized carbons (Fsp3) is 0.700. The number of esters is 3. The summed E-state index contributed by atoms with van der Waals surface area (Å²) < 4.78 is 14.6. The van der Waals surface area contributed by atoms with Gasteiger partial charge in [-0.15, -0.1) is 0 Å². The highest BCUT2D eigenvalue weighted by molar-refractivity contribution is 5.95. The van der Waals surface area contributed by atoms with Gasteiger partial charge in [0.05, 0.1) is 13.0 Å². The van der Waals surface area contributed by atoms with Gasteiger partial charge in [-0.25, -0.2) is 14.4 Å². The summed E-state index contributed by atoms with van der Waals surface area (Å²) in [5, 5.41) is 18.5. The highest BCUT2D eigenvalue weighted by Crippen LogP contribution is 2.29. The molecule has 0 bridgehead atoms. The van der Waals surface area contributed by atoms with Gasteiger partial charge in [-0.2, -0.15) is 0 Å².